The summed E-state index contributed by atoms with van der Waals surface area (Å²) in [6.07, 6.45) is -0.144. The van der Waals surface area contributed by atoms with Crippen molar-refractivity contribution in [3.8, 4) is 5.75 Å². The molecule has 18 heteroatoms. The van der Waals surface area contributed by atoms with E-state index in [9.17, 15) is 37.8 Å². The first-order valence-electron chi connectivity index (χ1n) is 16.3. The van der Waals surface area contributed by atoms with Gasteiger partial charge in [-0.1, -0.05) is 17.7 Å². The predicted molar refractivity (Wildman–Crippen MR) is 175 cm³/mol. The molecule has 1 unspecified atom stereocenters. The van der Waals surface area contributed by atoms with Crippen LogP contribution in [0.15, 0.2) is 35.4 Å². The molecular weight excluding hydrogens is 697 g/mol. The van der Waals surface area contributed by atoms with Crippen LogP contribution in [0.5, 0.6) is 5.75 Å². The predicted octanol–water partition coefficient (Wildman–Crippen LogP) is 3.64. The minimum atomic E-state index is -4.62. The van der Waals surface area contributed by atoms with Gasteiger partial charge in [-0.3, -0.25) is 14.4 Å². The number of allylic oxidation sites excluding steroid dienone is 1. The van der Waals surface area contributed by atoms with Crippen molar-refractivity contribution in [2.75, 3.05) is 25.0 Å². The van der Waals surface area contributed by atoms with Gasteiger partial charge in [0.15, 0.2) is 17.3 Å². The Kier molecular flexibility index (Phi) is 8.83. The number of aromatic nitrogens is 6. The van der Waals surface area contributed by atoms with Gasteiger partial charge in [0.1, 0.15) is 18.5 Å². The van der Waals surface area contributed by atoms with Crippen LogP contribution in [0, 0.1) is 6.92 Å². The molecule has 1 spiro atoms. The Hall–Kier alpha value is -4.87. The average molecular weight is 729 g/mol. The number of aromatic hydroxyl groups is 1. The normalized spacial score (nSPS) is 18.8. The molecule has 0 saturated carbocycles. The molecule has 3 aliphatic rings. The minimum Gasteiger partial charge on any atom is -0.504 e. The monoisotopic (exact) mass is 728 g/mol. The van der Waals surface area contributed by atoms with Gasteiger partial charge in [-0.25, -0.2) is 9.97 Å². The molecule has 2 aliphatic heterocycles. The third-order valence-corrected chi connectivity index (χ3v) is 9.95. The third kappa shape index (κ3) is 6.33. The molecule has 2 amide bonds. The van der Waals surface area contributed by atoms with Crippen LogP contribution < -0.4 is 10.9 Å². The lowest BCUT2D eigenvalue weighted by atomic mass is 9.81. The second-order valence-corrected chi connectivity index (χ2v) is 13.2. The van der Waals surface area contributed by atoms with Gasteiger partial charge in [0.2, 0.25) is 11.7 Å². The Morgan fingerprint density at radius 1 is 1.18 bits per heavy atom. The Balaban J connectivity index is 1.26. The summed E-state index contributed by atoms with van der Waals surface area (Å²) in [6.45, 7) is 1.65. The lowest BCUT2D eigenvalue weighted by Crippen LogP contribution is -2.52. The fraction of sp³-hybridized carbons (Fsp3) is 0.424. The molecular formula is C33H32ClF3N8O6. The highest BCUT2D eigenvalue weighted by Crippen LogP contribution is 2.41. The highest BCUT2D eigenvalue weighted by atomic mass is 35.5. The van der Waals surface area contributed by atoms with Crippen LogP contribution >= 0.6 is 11.6 Å². The molecule has 1 aliphatic carbocycles. The van der Waals surface area contributed by atoms with Crippen molar-refractivity contribution in [1.82, 2.24) is 34.0 Å². The quantitative estimate of drug-likeness (QED) is 0.275. The number of aryl methyl sites for hydroxylation is 1. The zero-order valence-corrected chi connectivity index (χ0v) is 28.0. The van der Waals surface area contributed by atoms with Gasteiger partial charge in [0, 0.05) is 25.2 Å². The van der Waals surface area contributed by atoms with Crippen LogP contribution in [-0.4, -0.2) is 81.9 Å². The van der Waals surface area contributed by atoms with E-state index in [0.717, 1.165) is 28.3 Å². The fourth-order valence-electron chi connectivity index (χ4n) is 6.92. The second kappa shape index (κ2) is 13.0. The van der Waals surface area contributed by atoms with Crippen LogP contribution in [-0.2, 0) is 34.3 Å². The number of nitrogens with one attached hydrogen (secondary N) is 1. The van der Waals surface area contributed by atoms with Gasteiger partial charge in [-0.2, -0.15) is 22.7 Å². The Labute approximate surface area is 292 Å². The number of alkyl halides is 3. The van der Waals surface area contributed by atoms with E-state index in [4.69, 9.17) is 16.3 Å². The molecule has 0 radical (unpaired) electrons. The highest BCUT2D eigenvalue weighted by Gasteiger charge is 2.46. The number of ether oxygens (including phenoxy) is 1. The highest BCUT2D eigenvalue weighted by molar-refractivity contribution is 6.33. The van der Waals surface area contributed by atoms with Gasteiger partial charge in [-0.05, 0) is 62.8 Å². The maximum absolute atomic E-state index is 14.4. The lowest BCUT2D eigenvalue weighted by Gasteiger charge is -2.44. The van der Waals surface area contributed by atoms with Crippen LogP contribution in [0.2, 0.25) is 5.02 Å². The summed E-state index contributed by atoms with van der Waals surface area (Å²) in [5.74, 6) is -1.12. The zero-order chi connectivity index (χ0) is 36.2. The molecule has 3 N–H and O–H groups in total. The van der Waals surface area contributed by atoms with E-state index >= 15 is 0 Å². The number of aliphatic hydroxyl groups is 1. The van der Waals surface area contributed by atoms with Crippen molar-refractivity contribution in [2.24, 2.45) is 0 Å². The second-order valence-electron chi connectivity index (χ2n) is 12.8. The number of anilines is 1. The van der Waals surface area contributed by atoms with E-state index in [2.05, 4.69) is 25.4 Å². The van der Waals surface area contributed by atoms with Crippen molar-refractivity contribution in [3.63, 3.8) is 0 Å². The first-order chi connectivity index (χ1) is 24.3. The molecule has 1 fully saturated rings. The smallest absolute Gasteiger partial charge is 0.416 e. The van der Waals surface area contributed by atoms with E-state index in [1.54, 1.807) is 11.5 Å². The number of fused-ring (bicyclic) bond motifs is 3. The number of piperidine rings is 1. The zero-order valence-electron chi connectivity index (χ0n) is 27.2. The van der Waals surface area contributed by atoms with Crippen LogP contribution in [0.25, 0.3) is 11.4 Å². The number of likely N-dealkylation sites (tertiary alicyclic amines) is 1. The molecule has 51 heavy (non-hydrogen) atoms. The molecule has 5 heterocycles. The van der Waals surface area contributed by atoms with Gasteiger partial charge in [-0.15, -0.1) is 5.10 Å². The van der Waals surface area contributed by atoms with E-state index in [1.807, 2.05) is 6.08 Å². The summed E-state index contributed by atoms with van der Waals surface area (Å²) < 4.78 is 48.7. The minimum absolute atomic E-state index is 0.0320. The summed E-state index contributed by atoms with van der Waals surface area (Å²) in [7, 11) is 0. The molecule has 4 aromatic rings. The maximum atomic E-state index is 14.4. The van der Waals surface area contributed by atoms with Gasteiger partial charge < -0.3 is 29.7 Å². The van der Waals surface area contributed by atoms with Crippen molar-refractivity contribution in [2.45, 2.75) is 69.9 Å². The number of rotatable bonds is 5. The average Bonchev–Trinajstić information content (AvgIpc) is 3.55. The van der Waals surface area contributed by atoms with Gasteiger partial charge >= 0.3 is 6.18 Å². The number of hydrogen-bond donors (Lipinski definition) is 3. The standard InChI is InChI=1S/C33H32ClF3N8O6/c1-17-27(48)26(39-16-38-17)30(50)43-11-9-32(10-12-43)25-23(8-13-51-32)44(15-24(47)40-22-7-4-19(14-21(22)34)33(35,36)37)31-41-28(42-45(31)29(25)49)18-2-5-20(46)6-3-18/h2,4,7,14,16,20,46,48H,3,5-6,8-13,15H2,1H3,(H,40,47). The van der Waals surface area contributed by atoms with E-state index in [1.165, 1.54) is 11.2 Å². The molecule has 268 valence electrons. The first-order valence-corrected chi connectivity index (χ1v) is 16.6. The summed E-state index contributed by atoms with van der Waals surface area (Å²) in [6, 6.07) is 2.60. The van der Waals surface area contributed by atoms with E-state index in [-0.39, 0.29) is 84.0 Å². The van der Waals surface area contributed by atoms with Crippen molar-refractivity contribution >= 4 is 40.5 Å². The maximum Gasteiger partial charge on any atom is 0.416 e. The first kappa shape index (κ1) is 34.6. The fourth-order valence-corrected chi connectivity index (χ4v) is 7.15. The van der Waals surface area contributed by atoms with E-state index in [0.29, 0.717) is 25.0 Å². The number of hydrogen-bond acceptors (Lipinski definition) is 10. The number of carbonyl (C=O) groups excluding carboxylic acids is 2. The summed E-state index contributed by atoms with van der Waals surface area (Å²) in [5, 5.41) is 27.2. The van der Waals surface area contributed by atoms with E-state index < -0.39 is 47.4 Å². The van der Waals surface area contributed by atoms with Crippen LogP contribution in [0.3, 0.4) is 0 Å². The van der Waals surface area contributed by atoms with Crippen molar-refractivity contribution in [1.29, 1.82) is 0 Å². The van der Waals surface area contributed by atoms with Crippen molar-refractivity contribution < 1.29 is 37.7 Å². The van der Waals surface area contributed by atoms with Gasteiger partial charge in [0.05, 0.1) is 40.2 Å². The molecule has 14 nitrogen and oxygen atoms in total. The number of aliphatic hydroxyl groups excluding tert-OH is 1. The lowest BCUT2D eigenvalue weighted by molar-refractivity contribution is -0.137. The van der Waals surface area contributed by atoms with Crippen LogP contribution in [0.1, 0.15) is 70.9 Å². The third-order valence-electron chi connectivity index (χ3n) is 9.63. The summed E-state index contributed by atoms with van der Waals surface area (Å²) in [5.41, 5.74) is -1.06. The molecule has 3 aromatic heterocycles. The number of halogens is 4. The molecule has 7 rings (SSSR count). The van der Waals surface area contributed by atoms with Crippen molar-refractivity contribution in [3.05, 3.63) is 80.0 Å². The number of benzene rings is 1. The van der Waals surface area contributed by atoms with Gasteiger partial charge in [0.25, 0.3) is 11.5 Å². The molecule has 1 saturated heterocycles. The molecule has 0 bridgehead atoms. The van der Waals surface area contributed by atoms with Crippen LogP contribution in [0.4, 0.5) is 18.9 Å². The Bertz CT molecular complexity index is 2160. The Morgan fingerprint density at radius 2 is 1.94 bits per heavy atom. The summed E-state index contributed by atoms with van der Waals surface area (Å²) >= 11 is 6.12. The number of amides is 2. The number of nitrogens with zero attached hydrogens (tertiary/aromatic N) is 7. The summed E-state index contributed by atoms with van der Waals surface area (Å²) in [4.78, 5) is 55.3. The number of carbonyl (C=O) groups is 2. The SMILES string of the molecule is Cc1ncnc(C(=O)N2CCC3(CC2)OCCc2c3c(=O)n3nc(C4=CCC(O)CC4)nc3n2CC(=O)Nc2ccc(C(F)(F)F)cc2Cl)c1O. The largest absolute Gasteiger partial charge is 0.504 e. The molecule has 1 aromatic carbocycles. The molecule has 1 atom stereocenters. The Morgan fingerprint density at radius 3 is 2.63 bits per heavy atom. The topological polar surface area (TPSA) is 177 Å².